The van der Waals surface area contributed by atoms with Gasteiger partial charge in [-0.25, -0.2) is 8.42 Å². The quantitative estimate of drug-likeness (QED) is 0.545. The maximum absolute atomic E-state index is 12.6. The van der Waals surface area contributed by atoms with Gasteiger partial charge in [-0.3, -0.25) is 9.52 Å². The van der Waals surface area contributed by atoms with Crippen LogP contribution in [0.1, 0.15) is 36.0 Å². The number of ether oxygens (including phenoxy) is 1. The first-order valence-electron chi connectivity index (χ1n) is 9.75. The van der Waals surface area contributed by atoms with Crippen LogP contribution in [0.3, 0.4) is 0 Å². The highest BCUT2D eigenvalue weighted by molar-refractivity contribution is 7.92. The van der Waals surface area contributed by atoms with Crippen molar-refractivity contribution in [2.75, 3.05) is 29.4 Å². The molecule has 0 unspecified atom stereocenters. The molecule has 1 fully saturated rings. The number of carbonyl (C=O) groups excluding carboxylic acids is 1. The minimum atomic E-state index is -3.56. The smallest absolute Gasteiger partial charge is 0.257 e. The first-order chi connectivity index (χ1) is 13.9. The number of carbonyl (C=O) groups is 1. The molecule has 1 aliphatic carbocycles. The Bertz CT molecular complexity index is 926. The van der Waals surface area contributed by atoms with Crippen LogP contribution in [0.15, 0.2) is 48.5 Å². The summed E-state index contributed by atoms with van der Waals surface area (Å²) in [6.45, 7) is 1.18. The van der Waals surface area contributed by atoms with Gasteiger partial charge in [-0.2, -0.15) is 0 Å². The van der Waals surface area contributed by atoms with Gasteiger partial charge in [0.1, 0.15) is 12.4 Å². The second kappa shape index (κ2) is 9.76. The number of nitrogens with one attached hydrogen (secondary N) is 3. The largest absolute Gasteiger partial charge is 0.492 e. The van der Waals surface area contributed by atoms with Crippen LogP contribution >= 0.6 is 0 Å². The van der Waals surface area contributed by atoms with Gasteiger partial charge in [-0.1, -0.05) is 31.0 Å². The zero-order chi connectivity index (χ0) is 20.7. The summed E-state index contributed by atoms with van der Waals surface area (Å²) in [4.78, 5) is 12.6. The van der Waals surface area contributed by atoms with E-state index in [1.807, 2.05) is 18.2 Å². The number of hydrogen-bond donors (Lipinski definition) is 3. The van der Waals surface area contributed by atoms with Gasteiger partial charge >= 0.3 is 0 Å². The molecular weight excluding hydrogens is 390 g/mol. The molecule has 0 saturated heterocycles. The number of rotatable bonds is 9. The van der Waals surface area contributed by atoms with Gasteiger partial charge < -0.3 is 15.4 Å². The van der Waals surface area contributed by atoms with E-state index >= 15 is 0 Å². The highest BCUT2D eigenvalue weighted by Crippen LogP contribution is 2.25. The molecule has 0 aliphatic heterocycles. The van der Waals surface area contributed by atoms with Crippen LogP contribution in [0.2, 0.25) is 0 Å². The van der Waals surface area contributed by atoms with E-state index in [0.717, 1.165) is 12.8 Å². The molecule has 2 aromatic carbocycles. The molecule has 3 rings (SSSR count). The number of benzene rings is 2. The maximum atomic E-state index is 12.6. The Hall–Kier alpha value is -2.58. The van der Waals surface area contributed by atoms with Crippen molar-refractivity contribution in [2.45, 2.75) is 31.7 Å². The number of amides is 1. The lowest BCUT2D eigenvalue weighted by molar-refractivity contribution is 0.102. The first-order valence-corrected chi connectivity index (χ1v) is 11.6. The van der Waals surface area contributed by atoms with E-state index in [9.17, 15) is 13.2 Å². The normalized spacial score (nSPS) is 14.5. The molecule has 0 bridgehead atoms. The molecule has 0 atom stereocenters. The van der Waals surface area contributed by atoms with Crippen molar-refractivity contribution in [3.63, 3.8) is 0 Å². The fourth-order valence-corrected chi connectivity index (χ4v) is 3.95. The summed E-state index contributed by atoms with van der Waals surface area (Å²) >= 11 is 0. The van der Waals surface area contributed by atoms with E-state index in [2.05, 4.69) is 15.4 Å². The second-order valence-electron chi connectivity index (χ2n) is 7.19. The lowest BCUT2D eigenvalue weighted by atomic mass is 10.1. The highest BCUT2D eigenvalue weighted by atomic mass is 32.2. The molecule has 7 nitrogen and oxygen atoms in total. The predicted molar refractivity (Wildman–Crippen MR) is 115 cm³/mol. The number of hydrogen-bond acceptors (Lipinski definition) is 5. The average molecular weight is 418 g/mol. The fraction of sp³-hybridized carbons (Fsp3) is 0.381. The summed E-state index contributed by atoms with van der Waals surface area (Å²) in [6.07, 6.45) is 5.99. The molecule has 0 aromatic heterocycles. The Balaban J connectivity index is 1.67. The molecule has 2 aromatic rings. The maximum Gasteiger partial charge on any atom is 0.257 e. The van der Waals surface area contributed by atoms with Gasteiger partial charge in [0.05, 0.1) is 17.5 Å². The molecule has 29 heavy (non-hydrogen) atoms. The van der Waals surface area contributed by atoms with Crippen molar-refractivity contribution in [3.05, 3.63) is 54.1 Å². The standard InChI is InChI=1S/C21H27N3O4S/c1-29(26,27)24-20-15-18(28-14-13-22-16-7-5-6-8-16)11-12-19(20)21(25)23-17-9-3-2-4-10-17/h2-4,9-12,15-16,22,24H,5-8,13-14H2,1H3,(H,23,25). The third-order valence-corrected chi connectivity index (χ3v) is 5.31. The summed E-state index contributed by atoms with van der Waals surface area (Å²) in [5, 5.41) is 6.22. The molecule has 8 heteroatoms. The summed E-state index contributed by atoms with van der Waals surface area (Å²) < 4.78 is 31.7. The lowest BCUT2D eigenvalue weighted by Crippen LogP contribution is -2.30. The predicted octanol–water partition coefficient (Wildman–Crippen LogP) is 3.22. The average Bonchev–Trinajstić information content (AvgIpc) is 3.18. The Morgan fingerprint density at radius 1 is 1.10 bits per heavy atom. The molecule has 0 radical (unpaired) electrons. The summed E-state index contributed by atoms with van der Waals surface area (Å²) in [7, 11) is -3.56. The van der Waals surface area contributed by atoms with Crippen LogP contribution in [0.25, 0.3) is 0 Å². The highest BCUT2D eigenvalue weighted by Gasteiger charge is 2.16. The van der Waals surface area contributed by atoms with Crippen LogP contribution in [-0.2, 0) is 10.0 Å². The van der Waals surface area contributed by atoms with E-state index < -0.39 is 15.9 Å². The monoisotopic (exact) mass is 417 g/mol. The molecule has 0 spiro atoms. The van der Waals surface area contributed by atoms with E-state index in [1.54, 1.807) is 24.3 Å². The van der Waals surface area contributed by atoms with E-state index in [0.29, 0.717) is 24.1 Å². The molecule has 1 saturated carbocycles. The number of sulfonamides is 1. The second-order valence-corrected chi connectivity index (χ2v) is 8.93. The fourth-order valence-electron chi connectivity index (χ4n) is 3.38. The third-order valence-electron chi connectivity index (χ3n) is 4.72. The van der Waals surface area contributed by atoms with Crippen molar-refractivity contribution in [1.82, 2.24) is 5.32 Å². The van der Waals surface area contributed by atoms with Crippen LogP contribution in [0.5, 0.6) is 5.75 Å². The van der Waals surface area contributed by atoms with Gasteiger partial charge in [-0.05, 0) is 37.1 Å². The zero-order valence-corrected chi connectivity index (χ0v) is 17.3. The van der Waals surface area contributed by atoms with Crippen LogP contribution in [0.4, 0.5) is 11.4 Å². The van der Waals surface area contributed by atoms with Crippen molar-refractivity contribution in [2.24, 2.45) is 0 Å². The van der Waals surface area contributed by atoms with Crippen molar-refractivity contribution < 1.29 is 17.9 Å². The van der Waals surface area contributed by atoms with Crippen LogP contribution in [0, 0.1) is 0 Å². The van der Waals surface area contributed by atoms with Crippen molar-refractivity contribution in [1.29, 1.82) is 0 Å². The third kappa shape index (κ3) is 6.76. The molecular formula is C21H27N3O4S. The zero-order valence-electron chi connectivity index (χ0n) is 16.5. The van der Waals surface area contributed by atoms with Crippen LogP contribution in [-0.4, -0.2) is 39.8 Å². The van der Waals surface area contributed by atoms with Crippen molar-refractivity contribution in [3.8, 4) is 5.75 Å². The number of anilines is 2. The van der Waals surface area contributed by atoms with Crippen LogP contribution < -0.4 is 20.1 Å². The first kappa shape index (κ1) is 21.1. The SMILES string of the molecule is CS(=O)(=O)Nc1cc(OCCNC2CCCC2)ccc1C(=O)Nc1ccccc1. The van der Waals surface area contributed by atoms with Gasteiger partial charge in [0.25, 0.3) is 5.91 Å². The van der Waals surface area contributed by atoms with Gasteiger partial charge in [0.15, 0.2) is 0 Å². The molecule has 156 valence electrons. The topological polar surface area (TPSA) is 96.5 Å². The van der Waals surface area contributed by atoms with E-state index in [-0.39, 0.29) is 11.3 Å². The number of para-hydroxylation sites is 1. The molecule has 3 N–H and O–H groups in total. The lowest BCUT2D eigenvalue weighted by Gasteiger charge is -2.15. The van der Waals surface area contributed by atoms with E-state index in [4.69, 9.17) is 4.74 Å². The Kier molecular flexibility index (Phi) is 7.11. The minimum absolute atomic E-state index is 0.183. The summed E-state index contributed by atoms with van der Waals surface area (Å²) in [5.74, 6) is 0.0948. The van der Waals surface area contributed by atoms with E-state index in [1.165, 1.54) is 31.7 Å². The Morgan fingerprint density at radius 3 is 2.52 bits per heavy atom. The van der Waals surface area contributed by atoms with Gasteiger partial charge in [-0.15, -0.1) is 0 Å². The summed E-state index contributed by atoms with van der Waals surface area (Å²) in [5.41, 5.74) is 1.03. The summed E-state index contributed by atoms with van der Waals surface area (Å²) in [6, 6.07) is 14.3. The van der Waals surface area contributed by atoms with Crippen molar-refractivity contribution >= 4 is 27.3 Å². The minimum Gasteiger partial charge on any atom is -0.492 e. The van der Waals surface area contributed by atoms with Gasteiger partial charge in [0, 0.05) is 24.3 Å². The molecule has 0 heterocycles. The molecule has 1 amide bonds. The Morgan fingerprint density at radius 2 is 1.83 bits per heavy atom. The molecule has 1 aliphatic rings. The van der Waals surface area contributed by atoms with Gasteiger partial charge in [0.2, 0.25) is 10.0 Å². The Labute approximate surface area is 171 Å².